The van der Waals surface area contributed by atoms with Gasteiger partial charge in [-0.3, -0.25) is 0 Å². The molecule has 5 heteroatoms. The molecule has 0 spiro atoms. The number of β-amino-alcohol motifs (C(OH)–C–C–N with tert-alkyl or cyclic N) is 1. The number of aliphatic hydroxyl groups excluding tert-OH is 1. The van der Waals surface area contributed by atoms with Gasteiger partial charge in [0.25, 0.3) is 0 Å². The summed E-state index contributed by atoms with van der Waals surface area (Å²) in [6, 6.07) is 15.3. The summed E-state index contributed by atoms with van der Waals surface area (Å²) < 4.78 is 14.0. The van der Waals surface area contributed by atoms with Crippen LogP contribution >= 0.6 is 11.6 Å². The monoisotopic (exact) mass is 432 g/mol. The van der Waals surface area contributed by atoms with Crippen molar-refractivity contribution >= 4 is 17.3 Å². The largest absolute Gasteiger partial charge is 0.392 e. The van der Waals surface area contributed by atoms with Crippen molar-refractivity contribution in [3.8, 4) is 0 Å². The summed E-state index contributed by atoms with van der Waals surface area (Å²) in [6.45, 7) is 8.18. The minimum Gasteiger partial charge on any atom is -0.392 e. The summed E-state index contributed by atoms with van der Waals surface area (Å²) in [5.74, 6) is 1.18. The highest BCUT2D eigenvalue weighted by atomic mass is 35.5. The molecular formula is C25H34ClFN2O. The van der Waals surface area contributed by atoms with Crippen LogP contribution in [-0.4, -0.2) is 42.3 Å². The van der Waals surface area contributed by atoms with E-state index in [1.54, 1.807) is 0 Å². The van der Waals surface area contributed by atoms with E-state index in [0.29, 0.717) is 28.5 Å². The normalized spacial score (nSPS) is 24.4. The van der Waals surface area contributed by atoms with Crippen LogP contribution in [0.3, 0.4) is 0 Å². The Morgan fingerprint density at radius 1 is 1.20 bits per heavy atom. The highest BCUT2D eigenvalue weighted by molar-refractivity contribution is 6.30. The Morgan fingerprint density at radius 3 is 2.47 bits per heavy atom. The smallest absolute Gasteiger partial charge is 0.148 e. The standard InChI is InChI=1S/C19H28ClFN2O.C6H6/c1-12(10-23-6-5-16(24)11-23)3-4-14-9-22-19-17(13(14)2)7-15(20)8-18(19)21;1-2-4-6-5-3-1/h7-8,12-14,16,22,24H,3-6,9-11H2,1-2H3;1-6H. The molecular weight excluding hydrogens is 399 g/mol. The fourth-order valence-corrected chi connectivity index (χ4v) is 4.76. The van der Waals surface area contributed by atoms with E-state index in [9.17, 15) is 9.50 Å². The van der Waals surface area contributed by atoms with Gasteiger partial charge in [0.05, 0.1) is 11.8 Å². The Bertz CT molecular complexity index is 762. The molecule has 2 aromatic carbocycles. The summed E-state index contributed by atoms with van der Waals surface area (Å²) in [5, 5.41) is 13.4. The van der Waals surface area contributed by atoms with Gasteiger partial charge in [0.2, 0.25) is 0 Å². The second-order valence-corrected chi connectivity index (χ2v) is 9.26. The van der Waals surface area contributed by atoms with E-state index in [4.69, 9.17) is 11.6 Å². The fourth-order valence-electron chi connectivity index (χ4n) is 4.55. The van der Waals surface area contributed by atoms with Crippen molar-refractivity contribution in [1.29, 1.82) is 0 Å². The quantitative estimate of drug-likeness (QED) is 0.627. The van der Waals surface area contributed by atoms with E-state index in [0.717, 1.165) is 51.0 Å². The first-order valence-electron chi connectivity index (χ1n) is 11.1. The molecule has 2 N–H and O–H groups in total. The molecule has 4 atom stereocenters. The average molecular weight is 433 g/mol. The maximum atomic E-state index is 14.0. The van der Waals surface area contributed by atoms with Crippen LogP contribution in [0.25, 0.3) is 0 Å². The molecule has 0 amide bonds. The second kappa shape index (κ2) is 11.1. The minimum absolute atomic E-state index is 0.143. The van der Waals surface area contributed by atoms with E-state index in [1.807, 2.05) is 42.5 Å². The molecule has 0 saturated carbocycles. The zero-order chi connectivity index (χ0) is 21.5. The molecule has 2 aromatic rings. The van der Waals surface area contributed by atoms with Crippen LogP contribution in [0, 0.1) is 17.7 Å². The van der Waals surface area contributed by atoms with Gasteiger partial charge in [-0.15, -0.1) is 0 Å². The van der Waals surface area contributed by atoms with Crippen molar-refractivity contribution < 1.29 is 9.50 Å². The lowest BCUT2D eigenvalue weighted by atomic mass is 9.80. The van der Waals surface area contributed by atoms with Crippen molar-refractivity contribution in [3.05, 3.63) is 64.9 Å². The van der Waals surface area contributed by atoms with Crippen LogP contribution in [0.1, 0.15) is 44.6 Å². The van der Waals surface area contributed by atoms with Crippen LogP contribution in [0.5, 0.6) is 0 Å². The van der Waals surface area contributed by atoms with Crippen LogP contribution in [-0.2, 0) is 0 Å². The van der Waals surface area contributed by atoms with Gasteiger partial charge < -0.3 is 15.3 Å². The van der Waals surface area contributed by atoms with Crippen molar-refractivity contribution in [2.75, 3.05) is 31.5 Å². The number of benzene rings is 2. The molecule has 0 aromatic heterocycles. The third-order valence-electron chi connectivity index (χ3n) is 6.34. The van der Waals surface area contributed by atoms with E-state index in [-0.39, 0.29) is 11.9 Å². The summed E-state index contributed by atoms with van der Waals surface area (Å²) in [4.78, 5) is 2.36. The Hall–Kier alpha value is -1.62. The molecule has 164 valence electrons. The number of likely N-dealkylation sites (tertiary alicyclic amines) is 1. The van der Waals surface area contributed by atoms with Gasteiger partial charge >= 0.3 is 0 Å². The number of aliphatic hydroxyl groups is 1. The number of fused-ring (bicyclic) bond motifs is 1. The average Bonchev–Trinajstić information content (AvgIpc) is 3.14. The lowest BCUT2D eigenvalue weighted by Crippen LogP contribution is -2.30. The van der Waals surface area contributed by atoms with Crippen molar-refractivity contribution in [2.45, 2.75) is 45.1 Å². The molecule has 2 heterocycles. The number of halogens is 2. The molecule has 0 bridgehead atoms. The number of nitrogens with zero attached hydrogens (tertiary/aromatic N) is 1. The molecule has 4 rings (SSSR count). The van der Waals surface area contributed by atoms with Crippen molar-refractivity contribution in [3.63, 3.8) is 0 Å². The van der Waals surface area contributed by atoms with E-state index < -0.39 is 0 Å². The number of nitrogens with one attached hydrogen (secondary N) is 1. The van der Waals surface area contributed by atoms with Gasteiger partial charge in [-0.25, -0.2) is 4.39 Å². The highest BCUT2D eigenvalue weighted by Gasteiger charge is 2.29. The van der Waals surface area contributed by atoms with Crippen LogP contribution < -0.4 is 5.32 Å². The van der Waals surface area contributed by atoms with Gasteiger partial charge in [0.15, 0.2) is 0 Å². The molecule has 0 aliphatic carbocycles. The molecule has 3 nitrogen and oxygen atoms in total. The van der Waals surface area contributed by atoms with E-state index in [1.165, 1.54) is 6.07 Å². The third kappa shape index (κ3) is 6.44. The zero-order valence-electron chi connectivity index (χ0n) is 18.0. The fraction of sp³-hybridized carbons (Fsp3) is 0.520. The molecule has 30 heavy (non-hydrogen) atoms. The first-order valence-corrected chi connectivity index (χ1v) is 11.4. The second-order valence-electron chi connectivity index (χ2n) is 8.82. The molecule has 4 unspecified atom stereocenters. The van der Waals surface area contributed by atoms with Crippen molar-refractivity contribution in [1.82, 2.24) is 4.90 Å². The number of anilines is 1. The lowest BCUT2D eigenvalue weighted by Gasteiger charge is -2.33. The first-order chi connectivity index (χ1) is 14.4. The van der Waals surface area contributed by atoms with E-state index >= 15 is 0 Å². The van der Waals surface area contributed by atoms with Gasteiger partial charge in [0.1, 0.15) is 5.82 Å². The topological polar surface area (TPSA) is 35.5 Å². The molecule has 2 aliphatic rings. The van der Waals surface area contributed by atoms with Gasteiger partial charge in [-0.2, -0.15) is 0 Å². The van der Waals surface area contributed by atoms with Gasteiger partial charge in [-0.1, -0.05) is 61.8 Å². The van der Waals surface area contributed by atoms with Gasteiger partial charge in [0, 0.05) is 31.2 Å². The molecule has 1 fully saturated rings. The SMILES string of the molecule is CC(CCC1CNc2c(F)cc(Cl)cc2C1C)CN1CCC(O)C1.c1ccccc1. The van der Waals surface area contributed by atoms with Crippen LogP contribution in [0.2, 0.25) is 5.02 Å². The predicted octanol–water partition coefficient (Wildman–Crippen LogP) is 5.79. The number of hydrogen-bond acceptors (Lipinski definition) is 3. The Balaban J connectivity index is 0.000000367. The Labute approximate surface area is 185 Å². The minimum atomic E-state index is -0.247. The third-order valence-corrected chi connectivity index (χ3v) is 6.56. The summed E-state index contributed by atoms with van der Waals surface area (Å²) in [5.41, 5.74) is 1.63. The number of hydrogen-bond donors (Lipinski definition) is 2. The Morgan fingerprint density at radius 2 is 1.87 bits per heavy atom. The van der Waals surface area contributed by atoms with E-state index in [2.05, 4.69) is 24.1 Å². The zero-order valence-corrected chi connectivity index (χ0v) is 18.8. The first kappa shape index (κ1) is 23.1. The summed E-state index contributed by atoms with van der Waals surface area (Å²) in [7, 11) is 0. The molecule has 0 radical (unpaired) electrons. The molecule has 2 aliphatic heterocycles. The maximum absolute atomic E-state index is 14.0. The highest BCUT2D eigenvalue weighted by Crippen LogP contribution is 2.40. The summed E-state index contributed by atoms with van der Waals surface area (Å²) in [6.07, 6.45) is 3.04. The predicted molar refractivity (Wildman–Crippen MR) is 124 cm³/mol. The van der Waals surface area contributed by atoms with Crippen LogP contribution in [0.15, 0.2) is 48.5 Å². The maximum Gasteiger partial charge on any atom is 0.148 e. The Kier molecular flexibility index (Phi) is 8.55. The molecule has 1 saturated heterocycles. The van der Waals surface area contributed by atoms with Crippen molar-refractivity contribution in [2.24, 2.45) is 11.8 Å². The summed E-state index contributed by atoms with van der Waals surface area (Å²) >= 11 is 6.04. The van der Waals surface area contributed by atoms with Gasteiger partial charge in [-0.05, 0) is 54.7 Å². The lowest BCUT2D eigenvalue weighted by molar-refractivity contribution is 0.169. The van der Waals surface area contributed by atoms with Crippen LogP contribution in [0.4, 0.5) is 10.1 Å². The number of rotatable bonds is 5.